The molecule has 1 fully saturated rings. The minimum Gasteiger partial charge on any atom is -0.486 e. The van der Waals surface area contributed by atoms with Gasteiger partial charge in [-0.15, -0.1) is 0 Å². The molecule has 0 saturated heterocycles. The first-order valence-electron chi connectivity index (χ1n) is 10.7. The molecule has 0 amide bonds. The zero-order chi connectivity index (χ0) is 23.4. The van der Waals surface area contributed by atoms with Gasteiger partial charge in [-0.05, 0) is 54.3 Å². The summed E-state index contributed by atoms with van der Waals surface area (Å²) in [5, 5.41) is 15.6. The number of ether oxygens (including phenoxy) is 1. The predicted octanol–water partition coefficient (Wildman–Crippen LogP) is 5.70. The van der Waals surface area contributed by atoms with Crippen LogP contribution in [0.3, 0.4) is 0 Å². The summed E-state index contributed by atoms with van der Waals surface area (Å²) in [4.78, 5) is 10.7. The number of halogens is 3. The molecule has 1 saturated carbocycles. The van der Waals surface area contributed by atoms with E-state index in [1.165, 1.54) is 17.5 Å². The van der Waals surface area contributed by atoms with Crippen molar-refractivity contribution in [2.24, 2.45) is 5.92 Å². The van der Waals surface area contributed by atoms with Gasteiger partial charge in [-0.3, -0.25) is 4.79 Å². The highest BCUT2D eigenvalue weighted by molar-refractivity contribution is 5.67. The minimum absolute atomic E-state index is 0.0429. The second-order valence-corrected chi connectivity index (χ2v) is 8.14. The Morgan fingerprint density at radius 3 is 2.42 bits per heavy atom. The second kappa shape index (κ2) is 9.56. The van der Waals surface area contributed by atoms with Crippen LogP contribution in [0.25, 0.3) is 5.69 Å². The zero-order valence-electron chi connectivity index (χ0n) is 17.8. The van der Waals surface area contributed by atoms with Crippen LogP contribution in [-0.2, 0) is 11.0 Å². The molecule has 1 aromatic heterocycles. The van der Waals surface area contributed by atoms with Gasteiger partial charge in [0.15, 0.2) is 0 Å². The molecular formula is C24H24F3N3O3. The zero-order valence-corrected chi connectivity index (χ0v) is 17.8. The number of carboxylic acid groups (broad SMARTS) is 1. The number of aromatic nitrogens is 2. The van der Waals surface area contributed by atoms with E-state index < -0.39 is 17.7 Å². The Labute approximate surface area is 189 Å². The van der Waals surface area contributed by atoms with E-state index in [2.05, 4.69) is 10.4 Å². The van der Waals surface area contributed by atoms with Gasteiger partial charge in [0.05, 0.1) is 23.9 Å². The van der Waals surface area contributed by atoms with E-state index in [0.29, 0.717) is 23.9 Å². The van der Waals surface area contributed by atoms with Gasteiger partial charge in [-0.1, -0.05) is 25.0 Å². The summed E-state index contributed by atoms with van der Waals surface area (Å²) >= 11 is 0. The van der Waals surface area contributed by atoms with Gasteiger partial charge in [0.25, 0.3) is 0 Å². The van der Waals surface area contributed by atoms with Crippen LogP contribution in [0.2, 0.25) is 0 Å². The Hall–Kier alpha value is -3.49. The topological polar surface area (TPSA) is 76.4 Å². The molecule has 3 aromatic rings. The number of hydrogen-bond acceptors (Lipinski definition) is 4. The molecular weight excluding hydrogens is 435 g/mol. The summed E-state index contributed by atoms with van der Waals surface area (Å²) in [5.41, 5.74) is 1.56. The number of aliphatic carboxylic acids is 1. The normalized spacial score (nSPS) is 14.6. The highest BCUT2D eigenvalue weighted by Crippen LogP contribution is 2.40. The third kappa shape index (κ3) is 6.27. The first-order chi connectivity index (χ1) is 15.8. The minimum atomic E-state index is -4.43. The molecule has 1 unspecified atom stereocenters. The average Bonchev–Trinajstić information content (AvgIpc) is 3.44. The fraction of sp³-hybridized carbons (Fsp3) is 0.333. The Morgan fingerprint density at radius 1 is 1.15 bits per heavy atom. The molecule has 4 rings (SSSR count). The van der Waals surface area contributed by atoms with Crippen LogP contribution in [0.5, 0.6) is 5.75 Å². The van der Waals surface area contributed by atoms with E-state index in [-0.39, 0.29) is 12.5 Å². The Morgan fingerprint density at radius 2 is 1.85 bits per heavy atom. The SMILES string of the molecule is O=C(O)CCNc1ccc(C(CC2CC2)Oc2ccc(-n3cc(C(F)(F)F)cn3)cc2)cc1. The standard InChI is InChI=1S/C24H24F3N3O3/c25-24(26,27)18-14-29-30(15-18)20-7-9-21(10-8-20)33-22(13-16-1-2-16)17-3-5-19(6-4-17)28-12-11-23(31)32/h3-10,14-16,22,28H,1-2,11-13H2,(H,31,32). The van der Waals surface area contributed by atoms with Crippen molar-refractivity contribution < 1.29 is 27.8 Å². The summed E-state index contributed by atoms with van der Waals surface area (Å²) in [5.74, 6) is 0.389. The van der Waals surface area contributed by atoms with Crippen molar-refractivity contribution in [3.05, 3.63) is 72.1 Å². The lowest BCUT2D eigenvalue weighted by Crippen LogP contribution is -2.10. The van der Waals surface area contributed by atoms with E-state index in [1.54, 1.807) is 24.3 Å². The lowest BCUT2D eigenvalue weighted by molar-refractivity contribution is -0.138. The van der Waals surface area contributed by atoms with Gasteiger partial charge >= 0.3 is 12.1 Å². The number of hydrogen-bond donors (Lipinski definition) is 2. The molecule has 1 aliphatic rings. The quantitative estimate of drug-likeness (QED) is 0.407. The maximum atomic E-state index is 12.8. The van der Waals surface area contributed by atoms with E-state index >= 15 is 0 Å². The van der Waals surface area contributed by atoms with Crippen molar-refractivity contribution in [2.75, 3.05) is 11.9 Å². The van der Waals surface area contributed by atoms with Crippen LogP contribution in [-0.4, -0.2) is 27.4 Å². The van der Waals surface area contributed by atoms with Crippen LogP contribution in [0.1, 0.15) is 42.9 Å². The monoisotopic (exact) mass is 459 g/mol. The van der Waals surface area contributed by atoms with Gasteiger partial charge in [-0.2, -0.15) is 18.3 Å². The van der Waals surface area contributed by atoms with E-state index in [1.807, 2.05) is 24.3 Å². The lowest BCUT2D eigenvalue weighted by atomic mass is 10.0. The van der Waals surface area contributed by atoms with Crippen LogP contribution in [0.15, 0.2) is 60.9 Å². The van der Waals surface area contributed by atoms with Crippen LogP contribution >= 0.6 is 0 Å². The molecule has 9 heteroatoms. The number of alkyl halides is 3. The van der Waals surface area contributed by atoms with Gasteiger partial charge < -0.3 is 15.2 Å². The van der Waals surface area contributed by atoms with Crippen molar-refractivity contribution >= 4 is 11.7 Å². The number of carbonyl (C=O) groups is 1. The predicted molar refractivity (Wildman–Crippen MR) is 116 cm³/mol. The summed E-state index contributed by atoms with van der Waals surface area (Å²) < 4.78 is 45.9. The first-order valence-corrected chi connectivity index (χ1v) is 10.7. The van der Waals surface area contributed by atoms with Gasteiger partial charge in [-0.25, -0.2) is 4.68 Å². The van der Waals surface area contributed by atoms with E-state index in [0.717, 1.165) is 30.1 Å². The number of anilines is 1. The number of rotatable bonds is 10. The summed E-state index contributed by atoms with van der Waals surface area (Å²) in [6, 6.07) is 14.5. The summed E-state index contributed by atoms with van der Waals surface area (Å²) in [7, 11) is 0. The fourth-order valence-electron chi connectivity index (χ4n) is 3.49. The number of benzene rings is 2. The molecule has 6 nitrogen and oxygen atoms in total. The second-order valence-electron chi connectivity index (χ2n) is 8.14. The first kappa shape index (κ1) is 22.7. The number of carboxylic acids is 1. The number of nitrogens with zero attached hydrogens (tertiary/aromatic N) is 2. The van der Waals surface area contributed by atoms with Gasteiger partial charge in [0, 0.05) is 18.4 Å². The van der Waals surface area contributed by atoms with Gasteiger partial charge in [0.2, 0.25) is 0 Å². The molecule has 0 bridgehead atoms. The van der Waals surface area contributed by atoms with Crippen molar-refractivity contribution in [1.29, 1.82) is 0 Å². The maximum Gasteiger partial charge on any atom is 0.419 e. The maximum absolute atomic E-state index is 12.8. The summed E-state index contributed by atoms with van der Waals surface area (Å²) in [6.07, 6.45) is 0.441. The fourth-order valence-corrected chi connectivity index (χ4v) is 3.49. The molecule has 33 heavy (non-hydrogen) atoms. The Kier molecular flexibility index (Phi) is 6.57. The average molecular weight is 459 g/mol. The third-order valence-corrected chi connectivity index (χ3v) is 5.48. The highest BCUT2D eigenvalue weighted by atomic mass is 19.4. The number of nitrogens with one attached hydrogen (secondary N) is 1. The molecule has 174 valence electrons. The smallest absolute Gasteiger partial charge is 0.419 e. The lowest BCUT2D eigenvalue weighted by Gasteiger charge is -2.20. The molecule has 2 N–H and O–H groups in total. The molecule has 0 radical (unpaired) electrons. The Bertz CT molecular complexity index is 1070. The van der Waals surface area contributed by atoms with Crippen LogP contribution < -0.4 is 10.1 Å². The highest BCUT2D eigenvalue weighted by Gasteiger charge is 2.32. The third-order valence-electron chi connectivity index (χ3n) is 5.48. The van der Waals surface area contributed by atoms with Crippen LogP contribution in [0.4, 0.5) is 18.9 Å². The van der Waals surface area contributed by atoms with Gasteiger partial charge in [0.1, 0.15) is 11.9 Å². The van der Waals surface area contributed by atoms with Crippen molar-refractivity contribution in [1.82, 2.24) is 9.78 Å². The molecule has 1 atom stereocenters. The molecule has 2 aromatic carbocycles. The molecule has 0 aliphatic heterocycles. The van der Waals surface area contributed by atoms with Crippen LogP contribution in [0, 0.1) is 5.92 Å². The largest absolute Gasteiger partial charge is 0.486 e. The molecule has 1 aliphatic carbocycles. The van der Waals surface area contributed by atoms with Crippen molar-refractivity contribution in [3.8, 4) is 11.4 Å². The Balaban J connectivity index is 1.43. The summed E-state index contributed by atoms with van der Waals surface area (Å²) in [6.45, 7) is 0.351. The van der Waals surface area contributed by atoms with E-state index in [4.69, 9.17) is 9.84 Å². The van der Waals surface area contributed by atoms with Crippen molar-refractivity contribution in [2.45, 2.75) is 38.0 Å². The molecule has 0 spiro atoms. The molecule has 1 heterocycles. The van der Waals surface area contributed by atoms with Crippen molar-refractivity contribution in [3.63, 3.8) is 0 Å². The van der Waals surface area contributed by atoms with E-state index in [9.17, 15) is 18.0 Å².